The summed E-state index contributed by atoms with van der Waals surface area (Å²) in [4.78, 5) is 32.0. The highest BCUT2D eigenvalue weighted by molar-refractivity contribution is 6.46. The quantitative estimate of drug-likeness (QED) is 0.818. The van der Waals surface area contributed by atoms with Crippen molar-refractivity contribution >= 4 is 23.2 Å². The standard InChI is InChI=1S/C24H24FN3O3/c1-14-5-3-4-6-20(14)28-12-11-16-17(24(28)30)8-9-19(27-22(16)23(26)29)15-7-10-21(31-2)18(25)13-15/h3-7,10,13,19H,8-9,11-12H2,1-2H3,(H2,26,29). The summed E-state index contributed by atoms with van der Waals surface area (Å²) in [7, 11) is 1.40. The zero-order chi connectivity index (χ0) is 22.1. The maximum Gasteiger partial charge on any atom is 0.267 e. The summed E-state index contributed by atoms with van der Waals surface area (Å²) >= 11 is 0. The minimum atomic E-state index is -0.675. The predicted molar refractivity (Wildman–Crippen MR) is 117 cm³/mol. The molecule has 0 aromatic heterocycles. The molecule has 6 nitrogen and oxygen atoms in total. The highest BCUT2D eigenvalue weighted by atomic mass is 19.1. The van der Waals surface area contributed by atoms with Crippen LogP contribution in [-0.4, -0.2) is 31.2 Å². The minimum Gasteiger partial charge on any atom is -0.494 e. The van der Waals surface area contributed by atoms with E-state index >= 15 is 0 Å². The largest absolute Gasteiger partial charge is 0.494 e. The molecular weight excluding hydrogens is 397 g/mol. The van der Waals surface area contributed by atoms with Gasteiger partial charge in [-0.2, -0.15) is 0 Å². The monoisotopic (exact) mass is 421 g/mol. The van der Waals surface area contributed by atoms with Crippen molar-refractivity contribution in [2.75, 3.05) is 18.6 Å². The molecule has 1 unspecified atom stereocenters. The van der Waals surface area contributed by atoms with Crippen molar-refractivity contribution in [3.8, 4) is 5.75 Å². The number of nitrogens with zero attached hydrogens (tertiary/aromatic N) is 2. The lowest BCUT2D eigenvalue weighted by molar-refractivity contribution is -0.115. The first-order chi connectivity index (χ1) is 14.9. The number of primary amides is 1. The molecule has 7 heteroatoms. The maximum atomic E-state index is 14.3. The van der Waals surface area contributed by atoms with Gasteiger partial charge in [0.2, 0.25) is 0 Å². The van der Waals surface area contributed by atoms with Crippen LogP contribution in [0.5, 0.6) is 5.75 Å². The van der Waals surface area contributed by atoms with Gasteiger partial charge in [-0.05, 0) is 61.1 Å². The Morgan fingerprint density at radius 2 is 1.97 bits per heavy atom. The van der Waals surface area contributed by atoms with E-state index in [4.69, 9.17) is 10.5 Å². The number of methoxy groups -OCH3 is 1. The second-order valence-electron chi connectivity index (χ2n) is 7.74. The van der Waals surface area contributed by atoms with Gasteiger partial charge in [-0.25, -0.2) is 4.39 Å². The normalized spacial score (nSPS) is 18.9. The Bertz CT molecular complexity index is 1120. The average Bonchev–Trinajstić information content (AvgIpc) is 2.95. The van der Waals surface area contributed by atoms with Crippen molar-refractivity contribution in [2.24, 2.45) is 10.7 Å². The van der Waals surface area contributed by atoms with Crippen molar-refractivity contribution in [1.29, 1.82) is 0 Å². The topological polar surface area (TPSA) is 85.0 Å². The first-order valence-electron chi connectivity index (χ1n) is 10.2. The molecule has 0 saturated carbocycles. The zero-order valence-electron chi connectivity index (χ0n) is 17.5. The Balaban J connectivity index is 1.70. The lowest BCUT2D eigenvalue weighted by Gasteiger charge is -2.31. The molecule has 2 amide bonds. The number of halogens is 1. The second kappa shape index (κ2) is 8.34. The molecule has 2 aliphatic heterocycles. The number of anilines is 1. The highest BCUT2D eigenvalue weighted by Gasteiger charge is 2.34. The van der Waals surface area contributed by atoms with Crippen LogP contribution in [0.4, 0.5) is 10.1 Å². The van der Waals surface area contributed by atoms with E-state index < -0.39 is 17.8 Å². The first kappa shape index (κ1) is 20.8. The van der Waals surface area contributed by atoms with Crippen molar-refractivity contribution in [3.63, 3.8) is 0 Å². The molecule has 0 saturated heterocycles. The summed E-state index contributed by atoms with van der Waals surface area (Å²) in [6.07, 6.45) is 1.38. The van der Waals surface area contributed by atoms with Crippen LogP contribution in [0.15, 0.2) is 58.6 Å². The SMILES string of the molecule is COc1ccc(C2CCC3=C(CCN(c4ccccc4C)C3=O)C(C(N)=O)=N2)cc1F. The van der Waals surface area contributed by atoms with E-state index in [1.54, 1.807) is 11.0 Å². The summed E-state index contributed by atoms with van der Waals surface area (Å²) in [5.41, 5.74) is 9.41. The predicted octanol–water partition coefficient (Wildman–Crippen LogP) is 3.64. The van der Waals surface area contributed by atoms with Crippen molar-refractivity contribution in [3.05, 3.63) is 70.6 Å². The third-order valence-electron chi connectivity index (χ3n) is 5.89. The number of ether oxygens (including phenoxy) is 1. The van der Waals surface area contributed by atoms with Crippen molar-refractivity contribution < 1.29 is 18.7 Å². The molecule has 31 heavy (non-hydrogen) atoms. The molecule has 1 atom stereocenters. The molecule has 2 aromatic carbocycles. The average molecular weight is 421 g/mol. The van der Waals surface area contributed by atoms with Crippen LogP contribution in [0.1, 0.15) is 36.4 Å². The number of aryl methyl sites for hydroxylation is 1. The van der Waals surface area contributed by atoms with Crippen LogP contribution >= 0.6 is 0 Å². The molecule has 0 fully saturated rings. The van der Waals surface area contributed by atoms with Crippen molar-refractivity contribution in [2.45, 2.75) is 32.2 Å². The Labute approximate surface area is 180 Å². The van der Waals surface area contributed by atoms with Gasteiger partial charge in [0, 0.05) is 17.8 Å². The summed E-state index contributed by atoms with van der Waals surface area (Å²) in [6.45, 7) is 2.40. The van der Waals surface area contributed by atoms with Gasteiger partial charge in [0.15, 0.2) is 11.6 Å². The van der Waals surface area contributed by atoms with E-state index in [0.717, 1.165) is 11.3 Å². The molecule has 0 bridgehead atoms. The fourth-order valence-corrected chi connectivity index (χ4v) is 4.31. The lowest BCUT2D eigenvalue weighted by atomic mass is 9.91. The minimum absolute atomic E-state index is 0.117. The molecule has 2 N–H and O–H groups in total. The van der Waals surface area contributed by atoms with E-state index in [1.807, 2.05) is 31.2 Å². The number of para-hydroxylation sites is 1. The summed E-state index contributed by atoms with van der Waals surface area (Å²) in [5.74, 6) is -1.17. The van der Waals surface area contributed by atoms with Crippen LogP contribution in [0, 0.1) is 12.7 Å². The third-order valence-corrected chi connectivity index (χ3v) is 5.89. The van der Waals surface area contributed by atoms with E-state index in [-0.39, 0.29) is 17.4 Å². The molecule has 2 heterocycles. The van der Waals surface area contributed by atoms with Gasteiger partial charge in [0.05, 0.1) is 13.2 Å². The number of amides is 2. The lowest BCUT2D eigenvalue weighted by Crippen LogP contribution is -2.40. The molecule has 0 aliphatic carbocycles. The molecule has 2 aliphatic rings. The third kappa shape index (κ3) is 3.83. The summed E-state index contributed by atoms with van der Waals surface area (Å²) < 4.78 is 19.2. The number of nitrogens with two attached hydrogens (primary N) is 1. The summed E-state index contributed by atoms with van der Waals surface area (Å²) in [5, 5.41) is 0. The molecule has 0 spiro atoms. The molecular formula is C24H24FN3O3. The van der Waals surface area contributed by atoms with Gasteiger partial charge in [-0.1, -0.05) is 24.3 Å². The molecule has 4 rings (SSSR count). The van der Waals surface area contributed by atoms with E-state index in [1.165, 1.54) is 19.2 Å². The fourth-order valence-electron chi connectivity index (χ4n) is 4.31. The maximum absolute atomic E-state index is 14.3. The van der Waals surface area contributed by atoms with Gasteiger partial charge < -0.3 is 15.4 Å². The Hall–Kier alpha value is -3.48. The smallest absolute Gasteiger partial charge is 0.267 e. The number of carbonyl (C=O) groups is 2. The number of aliphatic imine (C=N–C) groups is 1. The van der Waals surface area contributed by atoms with Crippen LogP contribution in [0.25, 0.3) is 0 Å². The number of carbonyl (C=O) groups excluding carboxylic acids is 2. The van der Waals surface area contributed by atoms with Gasteiger partial charge in [-0.3, -0.25) is 14.6 Å². The van der Waals surface area contributed by atoms with Gasteiger partial charge >= 0.3 is 0 Å². The zero-order valence-corrected chi connectivity index (χ0v) is 17.5. The van der Waals surface area contributed by atoms with Gasteiger partial charge in [0.25, 0.3) is 11.8 Å². The van der Waals surface area contributed by atoms with Crippen LogP contribution in [0.3, 0.4) is 0 Å². The Morgan fingerprint density at radius 1 is 1.19 bits per heavy atom. The highest BCUT2D eigenvalue weighted by Crippen LogP contribution is 2.37. The van der Waals surface area contributed by atoms with Crippen LogP contribution < -0.4 is 15.4 Å². The van der Waals surface area contributed by atoms with Crippen LogP contribution in [-0.2, 0) is 9.59 Å². The fraction of sp³-hybridized carbons (Fsp3) is 0.292. The number of benzene rings is 2. The second-order valence-corrected chi connectivity index (χ2v) is 7.74. The summed E-state index contributed by atoms with van der Waals surface area (Å²) in [6, 6.07) is 11.8. The Kier molecular flexibility index (Phi) is 5.59. The Morgan fingerprint density at radius 3 is 2.65 bits per heavy atom. The van der Waals surface area contributed by atoms with Gasteiger partial charge in [0.1, 0.15) is 5.71 Å². The van der Waals surface area contributed by atoms with Crippen molar-refractivity contribution in [1.82, 2.24) is 0 Å². The van der Waals surface area contributed by atoms with Crippen LogP contribution in [0.2, 0.25) is 0 Å². The number of hydrogen-bond acceptors (Lipinski definition) is 4. The van der Waals surface area contributed by atoms with E-state index in [0.29, 0.717) is 42.5 Å². The molecule has 160 valence electrons. The number of hydrogen-bond donors (Lipinski definition) is 1. The van der Waals surface area contributed by atoms with E-state index in [9.17, 15) is 14.0 Å². The first-order valence-corrected chi connectivity index (χ1v) is 10.2. The number of rotatable bonds is 4. The molecule has 0 radical (unpaired) electrons. The van der Waals surface area contributed by atoms with Gasteiger partial charge in [-0.15, -0.1) is 0 Å². The molecule has 2 aromatic rings. The van der Waals surface area contributed by atoms with E-state index in [2.05, 4.69) is 4.99 Å².